The Bertz CT molecular complexity index is 775. The molecule has 1 aliphatic rings. The van der Waals surface area contributed by atoms with Crippen LogP contribution in [0.2, 0.25) is 10.0 Å². The lowest BCUT2D eigenvalue weighted by Gasteiger charge is -2.07. The number of hydrogen-bond acceptors (Lipinski definition) is 5. The van der Waals surface area contributed by atoms with Gasteiger partial charge in [-0.15, -0.1) is 5.10 Å². The predicted octanol–water partition coefficient (Wildman–Crippen LogP) is 3.75. The molecule has 0 bridgehead atoms. The van der Waals surface area contributed by atoms with Crippen molar-refractivity contribution in [2.45, 2.75) is 11.7 Å². The summed E-state index contributed by atoms with van der Waals surface area (Å²) in [4.78, 5) is 12.0. The standard InChI is InChI=1S/C15H11Cl2N3O2S/c16-10-3-4-12(17)9(6-10)7-13-14(21)19-15(23-13)20-18-8-11-2-1-5-22-11/h1-6,8,13H,7H2,(H,19,20,21)/b18-8-/t13-/m1/s1. The van der Waals surface area contributed by atoms with Gasteiger partial charge in [0, 0.05) is 10.0 Å². The van der Waals surface area contributed by atoms with Crippen molar-refractivity contribution < 1.29 is 9.21 Å². The van der Waals surface area contributed by atoms with Crippen LogP contribution in [0, 0.1) is 0 Å². The highest BCUT2D eigenvalue weighted by Crippen LogP contribution is 2.28. The molecule has 1 N–H and O–H groups in total. The Morgan fingerprint density at radius 1 is 1.35 bits per heavy atom. The van der Waals surface area contributed by atoms with E-state index in [-0.39, 0.29) is 11.2 Å². The van der Waals surface area contributed by atoms with E-state index >= 15 is 0 Å². The van der Waals surface area contributed by atoms with Gasteiger partial charge in [0.1, 0.15) is 5.76 Å². The van der Waals surface area contributed by atoms with Crippen LogP contribution in [0.4, 0.5) is 0 Å². The van der Waals surface area contributed by atoms with Gasteiger partial charge in [-0.2, -0.15) is 5.10 Å². The molecular weight excluding hydrogens is 357 g/mol. The third kappa shape index (κ3) is 4.16. The zero-order valence-corrected chi connectivity index (χ0v) is 14.0. The molecule has 2 heterocycles. The third-order valence-electron chi connectivity index (χ3n) is 3.07. The van der Waals surface area contributed by atoms with Crippen molar-refractivity contribution in [3.8, 4) is 0 Å². The van der Waals surface area contributed by atoms with Crippen LogP contribution in [-0.4, -0.2) is 22.5 Å². The van der Waals surface area contributed by atoms with Gasteiger partial charge in [0.2, 0.25) is 5.91 Å². The average Bonchev–Trinajstić information content (AvgIpc) is 3.14. The quantitative estimate of drug-likeness (QED) is 0.660. The van der Waals surface area contributed by atoms with Crippen LogP contribution in [0.5, 0.6) is 0 Å². The number of nitrogens with zero attached hydrogens (tertiary/aromatic N) is 2. The van der Waals surface area contributed by atoms with E-state index in [2.05, 4.69) is 15.5 Å². The van der Waals surface area contributed by atoms with Gasteiger partial charge in [-0.3, -0.25) is 4.79 Å². The van der Waals surface area contributed by atoms with Gasteiger partial charge in [-0.05, 0) is 42.3 Å². The second kappa shape index (κ2) is 7.21. The molecule has 1 amide bonds. The molecule has 0 spiro atoms. The minimum absolute atomic E-state index is 0.127. The molecule has 1 saturated heterocycles. The normalized spacial score (nSPS) is 19.7. The maximum absolute atomic E-state index is 12.0. The molecule has 1 aromatic heterocycles. The third-order valence-corrected chi connectivity index (χ3v) is 4.74. The summed E-state index contributed by atoms with van der Waals surface area (Å²) in [6.45, 7) is 0. The van der Waals surface area contributed by atoms with Gasteiger partial charge in [0.15, 0.2) is 5.17 Å². The number of amides is 1. The number of carbonyl (C=O) groups is 1. The Morgan fingerprint density at radius 3 is 3.00 bits per heavy atom. The Balaban J connectivity index is 1.66. The van der Waals surface area contributed by atoms with E-state index in [9.17, 15) is 4.79 Å². The fourth-order valence-electron chi connectivity index (χ4n) is 1.99. The SMILES string of the molecule is O=C1N/C(=N/N=C\c2ccco2)S[C@@H]1Cc1cc(Cl)ccc1Cl. The van der Waals surface area contributed by atoms with Crippen LogP contribution in [-0.2, 0) is 11.2 Å². The summed E-state index contributed by atoms with van der Waals surface area (Å²) in [5, 5.41) is 11.9. The first kappa shape index (κ1) is 16.1. The Morgan fingerprint density at radius 2 is 2.22 bits per heavy atom. The summed E-state index contributed by atoms with van der Waals surface area (Å²) in [5.41, 5.74) is 0.826. The van der Waals surface area contributed by atoms with E-state index in [1.807, 2.05) is 0 Å². The van der Waals surface area contributed by atoms with E-state index in [0.29, 0.717) is 27.4 Å². The molecule has 1 aliphatic heterocycles. The summed E-state index contributed by atoms with van der Waals surface area (Å²) in [6, 6.07) is 8.71. The largest absolute Gasteiger partial charge is 0.463 e. The smallest absolute Gasteiger partial charge is 0.239 e. The number of benzene rings is 1. The number of furan rings is 1. The molecule has 5 nitrogen and oxygen atoms in total. The fourth-order valence-corrected chi connectivity index (χ4v) is 3.33. The van der Waals surface area contributed by atoms with Crippen molar-refractivity contribution in [3.05, 3.63) is 58.0 Å². The van der Waals surface area contributed by atoms with Crippen LogP contribution in [0.1, 0.15) is 11.3 Å². The Hall–Kier alpha value is -1.76. The topological polar surface area (TPSA) is 67.0 Å². The zero-order chi connectivity index (χ0) is 16.2. The van der Waals surface area contributed by atoms with E-state index < -0.39 is 0 Å². The van der Waals surface area contributed by atoms with Gasteiger partial charge in [0.25, 0.3) is 0 Å². The molecule has 1 atom stereocenters. The van der Waals surface area contributed by atoms with E-state index in [1.165, 1.54) is 18.0 Å². The van der Waals surface area contributed by atoms with Gasteiger partial charge >= 0.3 is 0 Å². The number of thioether (sulfide) groups is 1. The highest BCUT2D eigenvalue weighted by Gasteiger charge is 2.31. The molecule has 3 rings (SSSR count). The number of halogens is 2. The molecule has 1 fully saturated rings. The molecule has 0 aliphatic carbocycles. The van der Waals surface area contributed by atoms with Crippen LogP contribution in [0.15, 0.2) is 51.2 Å². The molecule has 118 valence electrons. The summed E-state index contributed by atoms with van der Waals surface area (Å²) in [7, 11) is 0. The lowest BCUT2D eigenvalue weighted by molar-refractivity contribution is -0.118. The van der Waals surface area contributed by atoms with Crippen LogP contribution in [0.25, 0.3) is 0 Å². The Kier molecular flexibility index (Phi) is 5.05. The lowest BCUT2D eigenvalue weighted by Crippen LogP contribution is -2.26. The van der Waals surface area contributed by atoms with Gasteiger partial charge < -0.3 is 9.73 Å². The second-order valence-corrected chi connectivity index (χ2v) is 6.74. The minimum atomic E-state index is -0.316. The molecule has 0 unspecified atom stereocenters. The van der Waals surface area contributed by atoms with Crippen molar-refractivity contribution in [2.24, 2.45) is 10.2 Å². The van der Waals surface area contributed by atoms with Crippen LogP contribution < -0.4 is 5.32 Å². The summed E-state index contributed by atoms with van der Waals surface area (Å²) < 4.78 is 5.10. The van der Waals surface area contributed by atoms with Crippen molar-refractivity contribution in [1.29, 1.82) is 0 Å². The van der Waals surface area contributed by atoms with E-state index in [0.717, 1.165) is 5.56 Å². The first-order valence-corrected chi connectivity index (χ1v) is 8.31. The number of hydrogen-bond donors (Lipinski definition) is 1. The zero-order valence-electron chi connectivity index (χ0n) is 11.7. The van der Waals surface area contributed by atoms with Gasteiger partial charge in [-0.1, -0.05) is 35.0 Å². The second-order valence-electron chi connectivity index (χ2n) is 4.70. The highest BCUT2D eigenvalue weighted by atomic mass is 35.5. The van der Waals surface area contributed by atoms with Crippen molar-refractivity contribution in [1.82, 2.24) is 5.32 Å². The number of nitrogens with one attached hydrogen (secondary N) is 1. The molecule has 23 heavy (non-hydrogen) atoms. The first-order chi connectivity index (χ1) is 11.1. The van der Waals surface area contributed by atoms with Crippen molar-refractivity contribution >= 4 is 52.3 Å². The first-order valence-electron chi connectivity index (χ1n) is 6.68. The van der Waals surface area contributed by atoms with Crippen LogP contribution in [0.3, 0.4) is 0 Å². The summed E-state index contributed by atoms with van der Waals surface area (Å²) in [5.74, 6) is 0.462. The number of carbonyl (C=O) groups excluding carboxylic acids is 1. The van der Waals surface area contributed by atoms with E-state index in [4.69, 9.17) is 27.6 Å². The average molecular weight is 368 g/mol. The van der Waals surface area contributed by atoms with Gasteiger partial charge in [0.05, 0.1) is 17.7 Å². The minimum Gasteiger partial charge on any atom is -0.463 e. The fraction of sp³-hybridized carbons (Fsp3) is 0.133. The molecule has 0 saturated carbocycles. The molecular formula is C15H11Cl2N3O2S. The van der Waals surface area contributed by atoms with Gasteiger partial charge in [-0.25, -0.2) is 0 Å². The summed E-state index contributed by atoms with van der Waals surface area (Å²) in [6.07, 6.45) is 3.49. The lowest BCUT2D eigenvalue weighted by atomic mass is 10.1. The molecule has 8 heteroatoms. The number of amidine groups is 1. The van der Waals surface area contributed by atoms with E-state index in [1.54, 1.807) is 36.6 Å². The van der Waals surface area contributed by atoms with Crippen molar-refractivity contribution in [3.63, 3.8) is 0 Å². The van der Waals surface area contributed by atoms with Crippen LogP contribution >= 0.6 is 35.0 Å². The maximum atomic E-state index is 12.0. The molecule has 0 radical (unpaired) electrons. The molecule has 2 aromatic rings. The number of rotatable bonds is 4. The monoisotopic (exact) mass is 367 g/mol. The van der Waals surface area contributed by atoms with Crippen molar-refractivity contribution in [2.75, 3.05) is 0 Å². The highest BCUT2D eigenvalue weighted by molar-refractivity contribution is 8.15. The maximum Gasteiger partial charge on any atom is 0.239 e. The molecule has 1 aromatic carbocycles. The summed E-state index contributed by atoms with van der Waals surface area (Å²) >= 11 is 13.4. The predicted molar refractivity (Wildman–Crippen MR) is 93.4 cm³/mol. The Labute approximate surface area is 146 Å².